The first kappa shape index (κ1) is 15.3. The molecule has 0 amide bonds. The van der Waals surface area contributed by atoms with Gasteiger partial charge in [0, 0.05) is 17.0 Å². The van der Waals surface area contributed by atoms with Crippen molar-refractivity contribution in [2.45, 2.75) is 6.36 Å². The number of halogens is 3. The van der Waals surface area contributed by atoms with E-state index in [1.165, 1.54) is 6.07 Å². The van der Waals surface area contributed by atoms with Crippen LogP contribution in [0.25, 0.3) is 10.9 Å². The number of rotatable bonds is 2. The van der Waals surface area contributed by atoms with E-state index < -0.39 is 12.1 Å². The molecule has 8 heteroatoms. The van der Waals surface area contributed by atoms with Crippen LogP contribution in [0.5, 0.6) is 11.6 Å². The average molecular weight is 346 g/mol. The second-order valence-electron chi connectivity index (χ2n) is 5.41. The van der Waals surface area contributed by atoms with Gasteiger partial charge >= 0.3 is 6.36 Å². The van der Waals surface area contributed by atoms with E-state index in [4.69, 9.17) is 0 Å². The molecule has 1 aromatic heterocycles. The molecule has 2 heterocycles. The Bertz CT molecular complexity index is 1050. The summed E-state index contributed by atoms with van der Waals surface area (Å²) in [6, 6.07) is 10.3. The first-order chi connectivity index (χ1) is 11.8. The van der Waals surface area contributed by atoms with Gasteiger partial charge in [-0.2, -0.15) is 0 Å². The third-order valence-electron chi connectivity index (χ3n) is 3.82. The molecule has 0 fully saturated rings. The largest absolute Gasteiger partial charge is 0.573 e. The van der Waals surface area contributed by atoms with Crippen molar-refractivity contribution in [3.05, 3.63) is 53.6 Å². The van der Waals surface area contributed by atoms with Crippen LogP contribution in [0.3, 0.4) is 0 Å². The molecule has 0 bridgehead atoms. The van der Waals surface area contributed by atoms with E-state index in [1.54, 1.807) is 24.3 Å². The van der Waals surface area contributed by atoms with Crippen molar-refractivity contribution >= 4 is 28.1 Å². The highest BCUT2D eigenvalue weighted by atomic mass is 19.4. The molecule has 0 atom stereocenters. The predicted octanol–water partition coefficient (Wildman–Crippen LogP) is 4.09. The molecule has 126 valence electrons. The Hall–Kier alpha value is -3.29. The molecule has 2 N–H and O–H groups in total. The fourth-order valence-corrected chi connectivity index (χ4v) is 2.83. The zero-order chi connectivity index (χ0) is 17.8. The number of aliphatic imine (C=N–C) groups is 1. The standard InChI is InChI=1S/C17H9F3N2O3/c18-17(19,20)25-8-5-6-9-12(7-8)22-16(24)13(9)14-15(23)10-3-1-2-4-11(10)21-14/h1-7,22,24H. The quantitative estimate of drug-likeness (QED) is 0.734. The van der Waals surface area contributed by atoms with Crippen LogP contribution in [0.15, 0.2) is 47.5 Å². The Morgan fingerprint density at radius 1 is 1.12 bits per heavy atom. The SMILES string of the molecule is O=C1C(c2c(O)[nH]c3cc(OC(F)(F)F)ccc23)=Nc2ccccc21. The molecule has 0 spiro atoms. The highest BCUT2D eigenvalue weighted by Crippen LogP contribution is 2.36. The number of alkyl halides is 3. The number of ketones is 1. The van der Waals surface area contributed by atoms with Gasteiger partial charge in [0.25, 0.3) is 0 Å². The van der Waals surface area contributed by atoms with Crippen LogP contribution >= 0.6 is 0 Å². The Kier molecular flexibility index (Phi) is 3.11. The van der Waals surface area contributed by atoms with E-state index in [0.717, 1.165) is 12.1 Å². The number of hydrogen-bond acceptors (Lipinski definition) is 4. The minimum atomic E-state index is -4.82. The van der Waals surface area contributed by atoms with Gasteiger partial charge < -0.3 is 14.8 Å². The number of carbonyl (C=O) groups is 1. The second-order valence-corrected chi connectivity index (χ2v) is 5.41. The van der Waals surface area contributed by atoms with E-state index in [0.29, 0.717) is 16.6 Å². The lowest BCUT2D eigenvalue weighted by Gasteiger charge is -2.08. The zero-order valence-electron chi connectivity index (χ0n) is 12.4. The number of fused-ring (bicyclic) bond motifs is 2. The van der Waals surface area contributed by atoms with Crippen LogP contribution in [-0.2, 0) is 0 Å². The molecule has 0 saturated heterocycles. The van der Waals surface area contributed by atoms with Gasteiger partial charge in [-0.25, -0.2) is 4.99 Å². The lowest BCUT2D eigenvalue weighted by atomic mass is 10.0. The lowest BCUT2D eigenvalue weighted by molar-refractivity contribution is -0.274. The number of nitrogens with zero attached hydrogens (tertiary/aromatic N) is 1. The summed E-state index contributed by atoms with van der Waals surface area (Å²) in [5.74, 6) is -1.14. The maximum atomic E-state index is 12.5. The van der Waals surface area contributed by atoms with Crippen molar-refractivity contribution < 1.29 is 27.8 Å². The number of Topliss-reactive ketones (excluding diaryl/α,β-unsaturated/α-hetero) is 1. The number of para-hydroxylation sites is 1. The summed E-state index contributed by atoms with van der Waals surface area (Å²) in [6.45, 7) is 0. The van der Waals surface area contributed by atoms with E-state index in [-0.39, 0.29) is 28.5 Å². The number of aromatic amines is 1. The normalized spacial score (nSPS) is 13.9. The van der Waals surface area contributed by atoms with Crippen molar-refractivity contribution in [1.82, 2.24) is 4.98 Å². The van der Waals surface area contributed by atoms with Crippen LogP contribution in [-0.4, -0.2) is 27.9 Å². The molecule has 3 aromatic rings. The molecule has 4 rings (SSSR count). The number of carbonyl (C=O) groups excluding carboxylic acids is 1. The number of hydrogen-bond donors (Lipinski definition) is 2. The maximum Gasteiger partial charge on any atom is 0.573 e. The number of nitrogens with one attached hydrogen (secondary N) is 1. The molecule has 0 saturated carbocycles. The zero-order valence-corrected chi connectivity index (χ0v) is 12.4. The van der Waals surface area contributed by atoms with Gasteiger partial charge in [-0.05, 0) is 24.3 Å². The minimum Gasteiger partial charge on any atom is -0.494 e. The van der Waals surface area contributed by atoms with Gasteiger partial charge in [0.05, 0.1) is 16.8 Å². The number of aromatic nitrogens is 1. The van der Waals surface area contributed by atoms with E-state index >= 15 is 0 Å². The summed E-state index contributed by atoms with van der Waals surface area (Å²) in [6.07, 6.45) is -4.82. The van der Waals surface area contributed by atoms with Crippen LogP contribution < -0.4 is 4.74 Å². The van der Waals surface area contributed by atoms with Gasteiger partial charge in [-0.1, -0.05) is 12.1 Å². The molecule has 0 radical (unpaired) electrons. The molecule has 0 unspecified atom stereocenters. The Balaban J connectivity index is 1.82. The third kappa shape index (κ3) is 2.51. The Labute approximate surface area is 138 Å². The van der Waals surface area contributed by atoms with Crippen LogP contribution in [0.2, 0.25) is 0 Å². The topological polar surface area (TPSA) is 74.7 Å². The summed E-state index contributed by atoms with van der Waals surface area (Å²) in [7, 11) is 0. The Morgan fingerprint density at radius 2 is 1.88 bits per heavy atom. The van der Waals surface area contributed by atoms with Crippen molar-refractivity contribution in [2.24, 2.45) is 4.99 Å². The maximum absolute atomic E-state index is 12.5. The smallest absolute Gasteiger partial charge is 0.494 e. The average Bonchev–Trinajstić information content (AvgIpc) is 3.02. The summed E-state index contributed by atoms with van der Waals surface area (Å²) in [5.41, 5.74) is 1.27. The van der Waals surface area contributed by atoms with Gasteiger partial charge in [0.15, 0.2) is 5.88 Å². The molecule has 5 nitrogen and oxygen atoms in total. The van der Waals surface area contributed by atoms with Crippen LogP contribution in [0.1, 0.15) is 15.9 Å². The van der Waals surface area contributed by atoms with E-state index in [2.05, 4.69) is 14.7 Å². The molecular weight excluding hydrogens is 337 g/mol. The van der Waals surface area contributed by atoms with Crippen LogP contribution in [0.4, 0.5) is 18.9 Å². The predicted molar refractivity (Wildman–Crippen MR) is 83.6 cm³/mol. The number of aromatic hydroxyl groups is 1. The fourth-order valence-electron chi connectivity index (χ4n) is 2.83. The third-order valence-corrected chi connectivity index (χ3v) is 3.82. The molecule has 1 aliphatic rings. The first-order valence-electron chi connectivity index (χ1n) is 7.17. The summed E-state index contributed by atoms with van der Waals surface area (Å²) < 4.78 is 40.8. The lowest BCUT2D eigenvalue weighted by Crippen LogP contribution is -2.17. The highest BCUT2D eigenvalue weighted by Gasteiger charge is 2.32. The van der Waals surface area contributed by atoms with E-state index in [1.807, 2.05) is 0 Å². The minimum absolute atomic E-state index is 0.0365. The van der Waals surface area contributed by atoms with Gasteiger partial charge in [0.2, 0.25) is 5.78 Å². The summed E-state index contributed by atoms with van der Waals surface area (Å²) in [5, 5.41) is 10.5. The first-order valence-corrected chi connectivity index (χ1v) is 7.17. The fraction of sp³-hybridized carbons (Fsp3) is 0.0588. The molecular formula is C17H9F3N2O3. The summed E-state index contributed by atoms with van der Waals surface area (Å²) in [4.78, 5) is 19.3. The highest BCUT2D eigenvalue weighted by molar-refractivity contribution is 6.56. The van der Waals surface area contributed by atoms with Gasteiger partial charge in [-0.3, -0.25) is 4.79 Å². The van der Waals surface area contributed by atoms with E-state index in [9.17, 15) is 23.1 Å². The summed E-state index contributed by atoms with van der Waals surface area (Å²) >= 11 is 0. The van der Waals surface area contributed by atoms with Crippen LogP contribution in [0, 0.1) is 0 Å². The number of benzene rings is 2. The molecule has 0 aliphatic carbocycles. The number of ether oxygens (including phenoxy) is 1. The Morgan fingerprint density at radius 3 is 2.60 bits per heavy atom. The second kappa shape index (κ2) is 5.10. The molecule has 1 aliphatic heterocycles. The van der Waals surface area contributed by atoms with Crippen molar-refractivity contribution in [3.8, 4) is 11.6 Å². The van der Waals surface area contributed by atoms with Gasteiger partial charge in [-0.15, -0.1) is 13.2 Å². The monoisotopic (exact) mass is 346 g/mol. The van der Waals surface area contributed by atoms with Crippen molar-refractivity contribution in [2.75, 3.05) is 0 Å². The molecule has 25 heavy (non-hydrogen) atoms. The van der Waals surface area contributed by atoms with Crippen molar-refractivity contribution in [3.63, 3.8) is 0 Å². The van der Waals surface area contributed by atoms with Crippen molar-refractivity contribution in [1.29, 1.82) is 0 Å². The molecule has 2 aromatic carbocycles. The number of H-pyrrole nitrogens is 1. The van der Waals surface area contributed by atoms with Gasteiger partial charge in [0.1, 0.15) is 11.5 Å².